The molecule has 2 aliphatic rings. The summed E-state index contributed by atoms with van der Waals surface area (Å²) in [5.41, 5.74) is 7.92. The van der Waals surface area contributed by atoms with Gasteiger partial charge in [0.2, 0.25) is 0 Å². The molecule has 2 N–H and O–H groups in total. The second kappa shape index (κ2) is 8.17. The highest BCUT2D eigenvalue weighted by molar-refractivity contribution is 5.16. The van der Waals surface area contributed by atoms with Crippen LogP contribution < -0.4 is 5.73 Å². The zero-order valence-electron chi connectivity index (χ0n) is 16.3. The average Bonchev–Trinajstić information content (AvgIpc) is 2.93. The number of piperazine rings is 1. The van der Waals surface area contributed by atoms with Gasteiger partial charge in [0, 0.05) is 63.9 Å². The molecule has 4 heteroatoms. The third kappa shape index (κ3) is 4.43. The molecule has 4 nitrogen and oxygen atoms in total. The van der Waals surface area contributed by atoms with Gasteiger partial charge in [0.05, 0.1) is 0 Å². The summed E-state index contributed by atoms with van der Waals surface area (Å²) in [7, 11) is 0. The van der Waals surface area contributed by atoms with Crippen molar-refractivity contribution in [3.63, 3.8) is 0 Å². The first-order valence-electron chi connectivity index (χ1n) is 9.98. The van der Waals surface area contributed by atoms with E-state index in [-0.39, 0.29) is 5.54 Å². The fraction of sp³-hybridized carbons (Fsp3) is 0.714. The lowest BCUT2D eigenvalue weighted by Gasteiger charge is -2.46. The van der Waals surface area contributed by atoms with Crippen molar-refractivity contribution in [2.24, 2.45) is 11.7 Å². The topological polar surface area (TPSA) is 35.7 Å². The van der Waals surface area contributed by atoms with E-state index in [4.69, 9.17) is 5.73 Å². The zero-order chi connectivity index (χ0) is 17.9. The maximum atomic E-state index is 6.35. The van der Waals surface area contributed by atoms with Gasteiger partial charge in [-0.05, 0) is 24.8 Å². The Balaban J connectivity index is 1.62. The van der Waals surface area contributed by atoms with E-state index in [1.807, 2.05) is 0 Å². The van der Waals surface area contributed by atoms with E-state index < -0.39 is 0 Å². The van der Waals surface area contributed by atoms with Crippen molar-refractivity contribution in [2.75, 3.05) is 45.8 Å². The largest absolute Gasteiger partial charge is 0.329 e. The molecule has 3 rings (SSSR count). The lowest BCUT2D eigenvalue weighted by atomic mass is 9.93. The van der Waals surface area contributed by atoms with E-state index in [0.717, 1.165) is 38.6 Å². The molecule has 2 aliphatic heterocycles. The number of hydrogen-bond donors (Lipinski definition) is 1. The molecule has 1 aromatic carbocycles. The maximum Gasteiger partial charge on any atom is 0.0474 e. The Hall–Kier alpha value is -0.940. The molecule has 140 valence electrons. The number of hydrogen-bond acceptors (Lipinski definition) is 4. The van der Waals surface area contributed by atoms with Crippen LogP contribution in [-0.2, 0) is 6.54 Å². The minimum absolute atomic E-state index is 0.165. The van der Waals surface area contributed by atoms with Crippen LogP contribution in [0, 0.1) is 5.92 Å². The average molecular weight is 345 g/mol. The Morgan fingerprint density at radius 1 is 1.12 bits per heavy atom. The van der Waals surface area contributed by atoms with Crippen LogP contribution in [0.25, 0.3) is 0 Å². The molecule has 1 aromatic rings. The van der Waals surface area contributed by atoms with E-state index in [1.165, 1.54) is 31.6 Å². The maximum absolute atomic E-state index is 6.35. The molecular formula is C21H36N4. The molecule has 25 heavy (non-hydrogen) atoms. The second-order valence-electron chi connectivity index (χ2n) is 8.55. The molecule has 2 atom stereocenters. The molecule has 0 radical (unpaired) electrons. The first-order valence-corrected chi connectivity index (χ1v) is 9.98. The van der Waals surface area contributed by atoms with E-state index in [1.54, 1.807) is 0 Å². The smallest absolute Gasteiger partial charge is 0.0474 e. The summed E-state index contributed by atoms with van der Waals surface area (Å²) in [6.45, 7) is 15.8. The van der Waals surface area contributed by atoms with Gasteiger partial charge in [0.1, 0.15) is 0 Å². The van der Waals surface area contributed by atoms with Crippen molar-refractivity contribution in [2.45, 2.75) is 45.3 Å². The fourth-order valence-corrected chi connectivity index (χ4v) is 4.73. The van der Waals surface area contributed by atoms with Gasteiger partial charge in [0.15, 0.2) is 0 Å². The first kappa shape index (κ1) is 18.8. The van der Waals surface area contributed by atoms with Crippen molar-refractivity contribution < 1.29 is 0 Å². The molecule has 0 bridgehead atoms. The van der Waals surface area contributed by atoms with Crippen molar-refractivity contribution >= 4 is 0 Å². The van der Waals surface area contributed by atoms with Gasteiger partial charge in [-0.1, -0.05) is 44.2 Å². The van der Waals surface area contributed by atoms with Crippen LogP contribution in [0.3, 0.4) is 0 Å². The number of nitrogens with two attached hydrogens (primary N) is 1. The number of benzene rings is 1. The van der Waals surface area contributed by atoms with Crippen molar-refractivity contribution in [3.05, 3.63) is 35.9 Å². The molecule has 0 aromatic heterocycles. The van der Waals surface area contributed by atoms with Gasteiger partial charge in [-0.25, -0.2) is 0 Å². The Morgan fingerprint density at radius 2 is 1.80 bits per heavy atom. The quantitative estimate of drug-likeness (QED) is 0.859. The summed E-state index contributed by atoms with van der Waals surface area (Å²) >= 11 is 0. The van der Waals surface area contributed by atoms with Crippen molar-refractivity contribution in [1.82, 2.24) is 14.7 Å². The summed E-state index contributed by atoms with van der Waals surface area (Å²) in [5, 5.41) is 0. The summed E-state index contributed by atoms with van der Waals surface area (Å²) in [5.74, 6) is 0.753. The highest BCUT2D eigenvalue weighted by atomic mass is 15.4. The van der Waals surface area contributed by atoms with Crippen LogP contribution in [0.2, 0.25) is 0 Å². The van der Waals surface area contributed by atoms with Crippen LogP contribution in [0.5, 0.6) is 0 Å². The Bertz CT molecular complexity index is 524. The summed E-state index contributed by atoms with van der Waals surface area (Å²) in [6.07, 6.45) is 1.19. The standard InChI is InChI=1S/C21H36N4/c1-18(2)14-23-9-11-25(12-10-23)21(16-22)13-19(3)24(17-21)15-20-7-5-4-6-8-20/h4-8,18-19H,9-17,22H2,1-3H3. The fourth-order valence-electron chi connectivity index (χ4n) is 4.73. The van der Waals surface area contributed by atoms with Gasteiger partial charge in [-0.15, -0.1) is 0 Å². The molecular weight excluding hydrogens is 308 g/mol. The molecule has 2 fully saturated rings. The number of rotatable bonds is 6. The monoisotopic (exact) mass is 344 g/mol. The normalized spacial score (nSPS) is 29.6. The molecule has 0 amide bonds. The van der Waals surface area contributed by atoms with E-state index in [9.17, 15) is 0 Å². The highest BCUT2D eigenvalue weighted by Gasteiger charge is 2.45. The molecule has 2 saturated heterocycles. The first-order chi connectivity index (χ1) is 12.0. The lowest BCUT2D eigenvalue weighted by molar-refractivity contribution is 0.0365. The number of likely N-dealkylation sites (tertiary alicyclic amines) is 1. The predicted molar refractivity (Wildman–Crippen MR) is 106 cm³/mol. The number of nitrogens with zero attached hydrogens (tertiary/aromatic N) is 3. The zero-order valence-corrected chi connectivity index (χ0v) is 16.3. The van der Waals surface area contributed by atoms with Gasteiger partial charge in [-0.3, -0.25) is 9.80 Å². The molecule has 2 unspecified atom stereocenters. The molecule has 0 aliphatic carbocycles. The van der Waals surface area contributed by atoms with Crippen molar-refractivity contribution in [1.29, 1.82) is 0 Å². The van der Waals surface area contributed by atoms with Gasteiger partial charge < -0.3 is 10.6 Å². The highest BCUT2D eigenvalue weighted by Crippen LogP contribution is 2.33. The van der Waals surface area contributed by atoms with Crippen LogP contribution in [0.1, 0.15) is 32.8 Å². The molecule has 0 spiro atoms. The van der Waals surface area contributed by atoms with Gasteiger partial charge >= 0.3 is 0 Å². The van der Waals surface area contributed by atoms with Crippen LogP contribution in [-0.4, -0.2) is 72.1 Å². The van der Waals surface area contributed by atoms with E-state index in [2.05, 4.69) is 65.8 Å². The molecule has 2 heterocycles. The predicted octanol–water partition coefficient (Wildman–Crippen LogP) is 2.25. The Morgan fingerprint density at radius 3 is 2.40 bits per heavy atom. The van der Waals surface area contributed by atoms with Gasteiger partial charge in [-0.2, -0.15) is 0 Å². The minimum Gasteiger partial charge on any atom is -0.329 e. The van der Waals surface area contributed by atoms with E-state index >= 15 is 0 Å². The summed E-state index contributed by atoms with van der Waals surface area (Å²) in [4.78, 5) is 7.94. The van der Waals surface area contributed by atoms with Crippen molar-refractivity contribution in [3.8, 4) is 0 Å². The third-order valence-electron chi connectivity index (χ3n) is 6.07. The summed E-state index contributed by atoms with van der Waals surface area (Å²) < 4.78 is 0. The second-order valence-corrected chi connectivity index (χ2v) is 8.55. The lowest BCUT2D eigenvalue weighted by Crippen LogP contribution is -2.61. The van der Waals surface area contributed by atoms with Crippen LogP contribution in [0.15, 0.2) is 30.3 Å². The van der Waals surface area contributed by atoms with Crippen LogP contribution in [0.4, 0.5) is 0 Å². The SMILES string of the molecule is CC(C)CN1CCN(C2(CN)CC(C)N(Cc3ccccc3)C2)CC1. The van der Waals surface area contributed by atoms with Gasteiger partial charge in [0.25, 0.3) is 0 Å². The van der Waals surface area contributed by atoms with E-state index in [0.29, 0.717) is 6.04 Å². The summed E-state index contributed by atoms with van der Waals surface area (Å²) in [6, 6.07) is 11.4. The minimum atomic E-state index is 0.165. The Labute approximate surface area is 154 Å². The van der Waals surface area contributed by atoms with Crippen LogP contribution >= 0.6 is 0 Å². The Kier molecular flexibility index (Phi) is 6.16. The molecule has 0 saturated carbocycles. The third-order valence-corrected chi connectivity index (χ3v) is 6.07.